The number of rotatable bonds is 3. The second kappa shape index (κ2) is 4.52. The van der Waals surface area contributed by atoms with E-state index in [1.54, 1.807) is 0 Å². The van der Waals surface area contributed by atoms with E-state index in [9.17, 15) is 5.11 Å². The minimum atomic E-state index is -0.250. The fourth-order valence-corrected chi connectivity index (χ4v) is 1.94. The van der Waals surface area contributed by atoms with Crippen molar-refractivity contribution in [1.29, 1.82) is 0 Å². The van der Waals surface area contributed by atoms with E-state index in [4.69, 9.17) is 0 Å². The fourth-order valence-electron chi connectivity index (χ4n) is 1.94. The van der Waals surface area contributed by atoms with E-state index in [1.165, 1.54) is 5.57 Å². The quantitative estimate of drug-likeness (QED) is 0.703. The molecule has 0 aromatic rings. The fraction of sp³-hybridized carbons (Fsp3) is 0.714. The van der Waals surface area contributed by atoms with E-state index in [1.807, 2.05) is 6.92 Å². The molecule has 0 amide bonds. The van der Waals surface area contributed by atoms with Crippen molar-refractivity contribution in [1.82, 2.24) is 0 Å². The highest BCUT2D eigenvalue weighted by molar-refractivity contribution is 5.22. The lowest BCUT2D eigenvalue weighted by atomic mass is 9.77. The first-order valence-corrected chi connectivity index (χ1v) is 5.89. The van der Waals surface area contributed by atoms with Crippen molar-refractivity contribution in [2.45, 2.75) is 47.1 Å². The summed E-state index contributed by atoms with van der Waals surface area (Å²) in [5, 5.41) is 9.41. The highest BCUT2D eigenvalue weighted by atomic mass is 16.3. The molecule has 1 N–H and O–H groups in total. The van der Waals surface area contributed by atoms with Gasteiger partial charge in [-0.05, 0) is 37.5 Å². The third-order valence-electron chi connectivity index (χ3n) is 4.03. The van der Waals surface area contributed by atoms with Crippen molar-refractivity contribution in [2.24, 2.45) is 17.3 Å². The molecule has 0 heterocycles. The first-order valence-electron chi connectivity index (χ1n) is 5.89. The normalized spacial score (nSPS) is 29.2. The highest BCUT2D eigenvalue weighted by Crippen LogP contribution is 2.43. The van der Waals surface area contributed by atoms with E-state index in [2.05, 4.69) is 45.9 Å². The van der Waals surface area contributed by atoms with Crippen LogP contribution in [0.4, 0.5) is 0 Å². The van der Waals surface area contributed by atoms with Gasteiger partial charge in [-0.3, -0.25) is 0 Å². The topological polar surface area (TPSA) is 20.2 Å². The smallest absolute Gasteiger partial charge is 0.0572 e. The zero-order chi connectivity index (χ0) is 11.6. The van der Waals surface area contributed by atoms with Gasteiger partial charge in [0.25, 0.3) is 0 Å². The Balaban J connectivity index is 2.62. The van der Waals surface area contributed by atoms with Gasteiger partial charge in [0.1, 0.15) is 0 Å². The average Bonchev–Trinajstić information content (AvgIpc) is 2.39. The monoisotopic (exact) mass is 208 g/mol. The maximum atomic E-state index is 9.41. The van der Waals surface area contributed by atoms with E-state index in [0.29, 0.717) is 5.92 Å². The SMILES string of the molecule is CC1=CC[C@@H](/C=C/C(C)C(C)O)C1(C)C. The predicted octanol–water partition coefficient (Wildman–Crippen LogP) is 3.55. The van der Waals surface area contributed by atoms with Gasteiger partial charge in [0.15, 0.2) is 0 Å². The summed E-state index contributed by atoms with van der Waals surface area (Å²) in [6.07, 6.45) is 7.66. The maximum Gasteiger partial charge on any atom is 0.0572 e. The van der Waals surface area contributed by atoms with Crippen molar-refractivity contribution in [3.63, 3.8) is 0 Å². The molecule has 0 saturated carbocycles. The third-order valence-corrected chi connectivity index (χ3v) is 4.03. The second-order valence-electron chi connectivity index (χ2n) is 5.44. The summed E-state index contributed by atoms with van der Waals surface area (Å²) >= 11 is 0. The molecule has 1 nitrogen and oxygen atoms in total. The van der Waals surface area contributed by atoms with E-state index >= 15 is 0 Å². The van der Waals surface area contributed by atoms with Crippen molar-refractivity contribution in [2.75, 3.05) is 0 Å². The van der Waals surface area contributed by atoms with Crippen LogP contribution in [0.15, 0.2) is 23.8 Å². The minimum absolute atomic E-state index is 0.250. The number of aliphatic hydroxyl groups is 1. The molecule has 1 rings (SSSR count). The first-order chi connectivity index (χ1) is 6.85. The molecular weight excluding hydrogens is 184 g/mol. The van der Waals surface area contributed by atoms with Gasteiger partial charge < -0.3 is 5.11 Å². The summed E-state index contributed by atoms with van der Waals surface area (Å²) in [4.78, 5) is 0. The summed E-state index contributed by atoms with van der Waals surface area (Å²) in [5.41, 5.74) is 1.77. The van der Waals surface area contributed by atoms with Crippen LogP contribution in [0, 0.1) is 17.3 Å². The third kappa shape index (κ3) is 2.72. The second-order valence-corrected chi connectivity index (χ2v) is 5.44. The van der Waals surface area contributed by atoms with Gasteiger partial charge in [0.2, 0.25) is 0 Å². The van der Waals surface area contributed by atoms with Crippen molar-refractivity contribution in [3.05, 3.63) is 23.8 Å². The van der Waals surface area contributed by atoms with Crippen LogP contribution in [0.1, 0.15) is 41.0 Å². The number of aliphatic hydroxyl groups excluding tert-OH is 1. The Morgan fingerprint density at radius 3 is 2.47 bits per heavy atom. The first kappa shape index (κ1) is 12.5. The summed E-state index contributed by atoms with van der Waals surface area (Å²) in [7, 11) is 0. The molecule has 0 fully saturated rings. The molecule has 0 saturated heterocycles. The Morgan fingerprint density at radius 2 is 2.07 bits per heavy atom. The summed E-state index contributed by atoms with van der Waals surface area (Å²) in [5.74, 6) is 0.848. The molecule has 0 spiro atoms. The summed E-state index contributed by atoms with van der Waals surface area (Å²) in [6, 6.07) is 0. The van der Waals surface area contributed by atoms with Gasteiger partial charge in [-0.2, -0.15) is 0 Å². The van der Waals surface area contributed by atoms with Crippen LogP contribution in [0.3, 0.4) is 0 Å². The number of hydrogen-bond donors (Lipinski definition) is 1. The van der Waals surface area contributed by atoms with Crippen LogP contribution in [-0.2, 0) is 0 Å². The zero-order valence-corrected chi connectivity index (χ0v) is 10.6. The van der Waals surface area contributed by atoms with E-state index < -0.39 is 0 Å². The molecule has 1 aliphatic rings. The molecule has 1 aliphatic carbocycles. The van der Waals surface area contributed by atoms with Gasteiger partial charge in [-0.15, -0.1) is 0 Å². The van der Waals surface area contributed by atoms with Crippen LogP contribution in [-0.4, -0.2) is 11.2 Å². The van der Waals surface area contributed by atoms with Crippen LogP contribution in [0.25, 0.3) is 0 Å². The molecular formula is C14H24O. The Morgan fingerprint density at radius 1 is 1.47 bits per heavy atom. The molecule has 0 aromatic carbocycles. The highest BCUT2D eigenvalue weighted by Gasteiger charge is 2.32. The van der Waals surface area contributed by atoms with Crippen LogP contribution >= 0.6 is 0 Å². The van der Waals surface area contributed by atoms with Crippen LogP contribution in [0.5, 0.6) is 0 Å². The van der Waals surface area contributed by atoms with Gasteiger partial charge in [-0.25, -0.2) is 0 Å². The summed E-state index contributed by atoms with van der Waals surface area (Å²) < 4.78 is 0. The molecule has 0 aliphatic heterocycles. The zero-order valence-electron chi connectivity index (χ0n) is 10.6. The largest absolute Gasteiger partial charge is 0.393 e. The lowest BCUT2D eigenvalue weighted by Gasteiger charge is -2.27. The molecule has 0 aromatic heterocycles. The predicted molar refractivity (Wildman–Crippen MR) is 65.6 cm³/mol. The standard InChI is InChI=1S/C14H24O/c1-10(12(3)15)6-8-13-9-7-11(2)14(13,4)5/h6-8,10,12-13,15H,9H2,1-5H3/b8-6+/t10?,12?,13-/m1/s1. The van der Waals surface area contributed by atoms with Crippen LogP contribution in [0.2, 0.25) is 0 Å². The van der Waals surface area contributed by atoms with Crippen molar-refractivity contribution >= 4 is 0 Å². The van der Waals surface area contributed by atoms with Crippen LogP contribution < -0.4 is 0 Å². The van der Waals surface area contributed by atoms with Crippen molar-refractivity contribution in [3.8, 4) is 0 Å². The summed E-state index contributed by atoms with van der Waals surface area (Å²) in [6.45, 7) is 10.7. The minimum Gasteiger partial charge on any atom is -0.393 e. The molecule has 2 unspecified atom stereocenters. The Labute approximate surface area is 93.9 Å². The van der Waals surface area contributed by atoms with Gasteiger partial charge in [0.05, 0.1) is 6.10 Å². The number of hydrogen-bond acceptors (Lipinski definition) is 1. The lowest BCUT2D eigenvalue weighted by Crippen LogP contribution is -2.19. The Bertz CT molecular complexity index is 271. The van der Waals surface area contributed by atoms with E-state index in [0.717, 1.165) is 6.42 Å². The molecule has 15 heavy (non-hydrogen) atoms. The van der Waals surface area contributed by atoms with Crippen molar-refractivity contribution < 1.29 is 5.11 Å². The lowest BCUT2D eigenvalue weighted by molar-refractivity contribution is 0.156. The molecule has 86 valence electrons. The van der Waals surface area contributed by atoms with Gasteiger partial charge in [0, 0.05) is 0 Å². The van der Waals surface area contributed by atoms with Gasteiger partial charge >= 0.3 is 0 Å². The average molecular weight is 208 g/mol. The molecule has 3 atom stereocenters. The molecule has 0 bridgehead atoms. The van der Waals surface area contributed by atoms with Gasteiger partial charge in [-0.1, -0.05) is 44.6 Å². The number of allylic oxidation sites excluding steroid dienone is 3. The van der Waals surface area contributed by atoms with E-state index in [-0.39, 0.29) is 17.4 Å². The Hall–Kier alpha value is -0.560. The maximum absolute atomic E-state index is 9.41. The molecule has 1 heteroatoms. The molecule has 0 radical (unpaired) electrons. The Kier molecular flexibility index (Phi) is 3.77.